The molecule has 2 unspecified atom stereocenters. The normalized spacial score (nSPS) is 19.2. The van der Waals surface area contributed by atoms with Gasteiger partial charge in [-0.2, -0.15) is 0 Å². The molecule has 2 atom stereocenters. The third-order valence-electron chi connectivity index (χ3n) is 5.74. The Morgan fingerprint density at radius 1 is 1.06 bits per heavy atom. The molecular weight excluding hydrogens is 424 g/mol. The molecule has 3 aromatic rings. The molecule has 1 aliphatic heterocycles. The van der Waals surface area contributed by atoms with Gasteiger partial charge in [0, 0.05) is 16.5 Å². The van der Waals surface area contributed by atoms with Gasteiger partial charge in [-0.15, -0.1) is 0 Å². The van der Waals surface area contributed by atoms with E-state index in [0.717, 1.165) is 0 Å². The fraction of sp³-hybridized carbons (Fsp3) is 0.292. The number of amides is 2. The van der Waals surface area contributed by atoms with E-state index in [0.29, 0.717) is 22.2 Å². The van der Waals surface area contributed by atoms with Crippen molar-refractivity contribution in [3.63, 3.8) is 0 Å². The van der Waals surface area contributed by atoms with E-state index in [1.165, 1.54) is 4.57 Å². The van der Waals surface area contributed by atoms with Crippen molar-refractivity contribution in [2.24, 2.45) is 5.92 Å². The summed E-state index contributed by atoms with van der Waals surface area (Å²) in [5, 5.41) is 17.8. The van der Waals surface area contributed by atoms with E-state index in [2.05, 4.69) is 10.6 Å². The predicted molar refractivity (Wildman–Crippen MR) is 123 cm³/mol. The molecule has 0 saturated heterocycles. The smallest absolute Gasteiger partial charge is 0.295 e. The first-order valence-electron chi connectivity index (χ1n) is 10.7. The van der Waals surface area contributed by atoms with Crippen LogP contribution < -0.4 is 10.6 Å². The minimum Gasteiger partial charge on any atom is -0.338 e. The highest BCUT2D eigenvalue weighted by molar-refractivity contribution is 6.09. The maximum absolute atomic E-state index is 13.5. The van der Waals surface area contributed by atoms with Crippen LogP contribution in [-0.4, -0.2) is 39.3 Å². The van der Waals surface area contributed by atoms with Gasteiger partial charge < -0.3 is 10.6 Å². The van der Waals surface area contributed by atoms with Crippen LogP contribution in [0.5, 0.6) is 0 Å². The molecule has 0 aliphatic carbocycles. The molecule has 1 aliphatic rings. The molecule has 2 bridgehead atoms. The quantitative estimate of drug-likeness (QED) is 0.471. The molecule has 2 amide bonds. The molecule has 9 heteroatoms. The maximum atomic E-state index is 13.5. The van der Waals surface area contributed by atoms with Crippen molar-refractivity contribution < 1.29 is 19.3 Å². The van der Waals surface area contributed by atoms with Crippen molar-refractivity contribution in [3.05, 3.63) is 76.0 Å². The Labute approximate surface area is 189 Å². The van der Waals surface area contributed by atoms with Crippen LogP contribution in [-0.2, 0) is 16.0 Å². The number of nitrogens with zero attached hydrogens (tertiary/aromatic N) is 2. The predicted octanol–water partition coefficient (Wildman–Crippen LogP) is 3.00. The third kappa shape index (κ3) is 4.34. The Bertz CT molecular complexity index is 1260. The van der Waals surface area contributed by atoms with Crippen molar-refractivity contribution in [2.45, 2.75) is 38.8 Å². The molecule has 1 aromatic heterocycles. The second-order valence-corrected chi connectivity index (χ2v) is 8.58. The van der Waals surface area contributed by atoms with Crippen molar-refractivity contribution in [3.8, 4) is 0 Å². The first-order valence-corrected chi connectivity index (χ1v) is 10.7. The van der Waals surface area contributed by atoms with Crippen LogP contribution in [0.25, 0.3) is 10.9 Å². The zero-order valence-corrected chi connectivity index (χ0v) is 18.3. The van der Waals surface area contributed by atoms with Crippen LogP contribution in [0.4, 0.5) is 5.69 Å². The molecule has 0 radical (unpaired) electrons. The number of fused-ring (bicyclic) bond motifs is 6. The average molecular weight is 448 g/mol. The number of carbonyl (C=O) groups is 3. The largest absolute Gasteiger partial charge is 0.338 e. The first-order chi connectivity index (χ1) is 15.8. The van der Waals surface area contributed by atoms with Crippen molar-refractivity contribution in [1.29, 1.82) is 0 Å². The number of nitrogens with one attached hydrogen (secondary N) is 2. The Morgan fingerprint density at radius 2 is 1.76 bits per heavy atom. The summed E-state index contributed by atoms with van der Waals surface area (Å²) in [7, 11) is 0. The molecule has 2 heterocycles. The molecule has 2 N–H and O–H groups in total. The van der Waals surface area contributed by atoms with E-state index in [1.807, 2.05) is 13.8 Å². The summed E-state index contributed by atoms with van der Waals surface area (Å²) in [4.78, 5) is 50.7. The van der Waals surface area contributed by atoms with Crippen LogP contribution in [0.15, 0.2) is 54.7 Å². The summed E-state index contributed by atoms with van der Waals surface area (Å²) in [6.45, 7) is 3.77. The Kier molecular flexibility index (Phi) is 5.95. The third-order valence-corrected chi connectivity index (χ3v) is 5.74. The Morgan fingerprint density at radius 3 is 2.48 bits per heavy atom. The van der Waals surface area contributed by atoms with Gasteiger partial charge in [-0.1, -0.05) is 44.2 Å². The van der Waals surface area contributed by atoms with E-state index in [9.17, 15) is 24.5 Å². The standard InChI is InChI=1S/C24H24N4O5/c1-14(2)11-19-22(29)25-18-9-5-3-8-17(18)24(31)27-13-15(16-7-4-6-10-20(16)27)12-21(28(32)33)23(30)26-19/h3-10,13-14,19,21H,11-12H2,1-2H3,(H,25,29)(H,26,30). The Hall–Kier alpha value is -4.01. The average Bonchev–Trinajstić information content (AvgIpc) is 3.14. The van der Waals surface area contributed by atoms with Gasteiger partial charge in [-0.05, 0) is 36.1 Å². The Balaban J connectivity index is 1.90. The molecule has 0 saturated carbocycles. The SMILES string of the molecule is CC(C)CC1NC(=O)C([N+](=O)[O-])Cc2cn(c3ccccc23)C(=O)c2ccccc2NC1=O. The monoisotopic (exact) mass is 448 g/mol. The van der Waals surface area contributed by atoms with E-state index in [4.69, 9.17) is 0 Å². The van der Waals surface area contributed by atoms with E-state index in [-0.39, 0.29) is 30.2 Å². The summed E-state index contributed by atoms with van der Waals surface area (Å²) >= 11 is 0. The highest BCUT2D eigenvalue weighted by Crippen LogP contribution is 2.27. The highest BCUT2D eigenvalue weighted by Gasteiger charge is 2.35. The minimum absolute atomic E-state index is 0.0411. The van der Waals surface area contributed by atoms with Gasteiger partial charge in [0.2, 0.25) is 5.91 Å². The molecule has 4 rings (SSSR count). The number of nitro groups is 1. The van der Waals surface area contributed by atoms with E-state index >= 15 is 0 Å². The number of hydrogen-bond acceptors (Lipinski definition) is 5. The lowest BCUT2D eigenvalue weighted by Crippen LogP contribution is -2.50. The number of rotatable bonds is 3. The van der Waals surface area contributed by atoms with E-state index in [1.54, 1.807) is 54.7 Å². The van der Waals surface area contributed by atoms with Crippen molar-refractivity contribution in [1.82, 2.24) is 9.88 Å². The lowest BCUT2D eigenvalue weighted by atomic mass is 10.0. The fourth-order valence-corrected chi connectivity index (χ4v) is 4.15. The number of para-hydroxylation sites is 2. The molecule has 9 nitrogen and oxygen atoms in total. The summed E-state index contributed by atoms with van der Waals surface area (Å²) in [5.41, 5.74) is 1.65. The number of carbonyl (C=O) groups excluding carboxylic acids is 3. The zero-order chi connectivity index (χ0) is 23.7. The fourth-order valence-electron chi connectivity index (χ4n) is 4.15. The second kappa shape index (κ2) is 8.85. The van der Waals surface area contributed by atoms with Crippen LogP contribution in [0.3, 0.4) is 0 Å². The van der Waals surface area contributed by atoms with Gasteiger partial charge in [0.1, 0.15) is 6.04 Å². The molecule has 2 aromatic carbocycles. The molecule has 33 heavy (non-hydrogen) atoms. The van der Waals surface area contributed by atoms with Crippen molar-refractivity contribution >= 4 is 34.3 Å². The second-order valence-electron chi connectivity index (χ2n) is 8.58. The minimum atomic E-state index is -1.61. The summed E-state index contributed by atoms with van der Waals surface area (Å²) < 4.78 is 1.41. The number of benzene rings is 2. The van der Waals surface area contributed by atoms with Crippen LogP contribution in [0.2, 0.25) is 0 Å². The van der Waals surface area contributed by atoms with Crippen LogP contribution in [0.1, 0.15) is 36.2 Å². The van der Waals surface area contributed by atoms with Gasteiger partial charge in [-0.25, -0.2) is 0 Å². The first kappa shape index (κ1) is 22.2. The van der Waals surface area contributed by atoms with Gasteiger partial charge in [0.25, 0.3) is 17.9 Å². The number of anilines is 1. The number of hydrogen-bond donors (Lipinski definition) is 2. The molecule has 0 fully saturated rings. The van der Waals surface area contributed by atoms with Gasteiger partial charge in [0.15, 0.2) is 0 Å². The number of aromatic nitrogens is 1. The molecule has 170 valence electrons. The van der Waals surface area contributed by atoms with Gasteiger partial charge >= 0.3 is 0 Å². The zero-order valence-electron chi connectivity index (χ0n) is 18.3. The molecule has 0 spiro atoms. The van der Waals surface area contributed by atoms with Crippen LogP contribution >= 0.6 is 0 Å². The maximum Gasteiger partial charge on any atom is 0.295 e. The summed E-state index contributed by atoms with van der Waals surface area (Å²) in [6.07, 6.45) is 1.62. The lowest BCUT2D eigenvalue weighted by Gasteiger charge is -2.21. The van der Waals surface area contributed by atoms with Crippen molar-refractivity contribution in [2.75, 3.05) is 5.32 Å². The van der Waals surface area contributed by atoms with Gasteiger partial charge in [-0.3, -0.25) is 29.1 Å². The van der Waals surface area contributed by atoms with Crippen LogP contribution in [0, 0.1) is 16.0 Å². The molecular formula is C24H24N4O5. The highest BCUT2D eigenvalue weighted by atomic mass is 16.6. The topological polar surface area (TPSA) is 123 Å². The lowest BCUT2D eigenvalue weighted by molar-refractivity contribution is -0.507. The summed E-state index contributed by atoms with van der Waals surface area (Å²) in [6, 6.07) is 11.1. The summed E-state index contributed by atoms with van der Waals surface area (Å²) in [5.74, 6) is -1.71. The van der Waals surface area contributed by atoms with E-state index < -0.39 is 28.8 Å². The van der Waals surface area contributed by atoms with Gasteiger partial charge in [0.05, 0.1) is 23.2 Å².